The van der Waals surface area contributed by atoms with Crippen LogP contribution in [0.15, 0.2) is 17.0 Å². The van der Waals surface area contributed by atoms with Crippen LogP contribution in [0.4, 0.5) is 0 Å². The molecule has 1 aliphatic rings. The van der Waals surface area contributed by atoms with Gasteiger partial charge in [-0.1, -0.05) is 0 Å². The smallest absolute Gasteiger partial charge is 0.243 e. The molecule has 1 aliphatic carbocycles. The van der Waals surface area contributed by atoms with Gasteiger partial charge in [0.15, 0.2) is 11.5 Å². The minimum Gasteiger partial charge on any atom is -0.493 e. The average molecular weight is 301 g/mol. The van der Waals surface area contributed by atoms with Crippen molar-refractivity contribution in [3.63, 3.8) is 0 Å². The third-order valence-corrected chi connectivity index (χ3v) is 5.33. The number of aliphatic hydroxyl groups excluding tert-OH is 1. The van der Waals surface area contributed by atoms with E-state index in [1.807, 2.05) is 0 Å². The van der Waals surface area contributed by atoms with Crippen molar-refractivity contribution >= 4 is 10.0 Å². The SMILES string of the molecule is COc1cc(S(=O)(=O)N(C)C2CC2)cc(CO)c1OC. The second kappa shape index (κ2) is 5.59. The van der Waals surface area contributed by atoms with Crippen molar-refractivity contribution in [3.8, 4) is 11.5 Å². The standard InChI is InChI=1S/C13H19NO5S/c1-14(10-4-5-10)20(16,17)11-6-9(8-15)13(19-3)12(7-11)18-2/h6-7,10,15H,4-5,8H2,1-3H3. The first-order valence-electron chi connectivity index (χ1n) is 6.29. The summed E-state index contributed by atoms with van der Waals surface area (Å²) in [5, 5.41) is 9.38. The molecule has 6 nitrogen and oxygen atoms in total. The molecule has 1 aromatic carbocycles. The molecule has 0 unspecified atom stereocenters. The highest BCUT2D eigenvalue weighted by Gasteiger charge is 2.35. The summed E-state index contributed by atoms with van der Waals surface area (Å²) in [4.78, 5) is 0.105. The van der Waals surface area contributed by atoms with Gasteiger partial charge >= 0.3 is 0 Å². The van der Waals surface area contributed by atoms with Crippen LogP contribution >= 0.6 is 0 Å². The van der Waals surface area contributed by atoms with Crippen molar-refractivity contribution < 1.29 is 23.0 Å². The van der Waals surface area contributed by atoms with Gasteiger partial charge in [0.25, 0.3) is 0 Å². The van der Waals surface area contributed by atoms with Gasteiger partial charge in [-0.05, 0) is 18.9 Å². The Morgan fingerprint density at radius 1 is 1.30 bits per heavy atom. The Morgan fingerprint density at radius 3 is 2.40 bits per heavy atom. The van der Waals surface area contributed by atoms with Gasteiger partial charge in [0, 0.05) is 24.7 Å². The molecule has 0 saturated heterocycles. The molecule has 0 aliphatic heterocycles. The number of hydrogen-bond donors (Lipinski definition) is 1. The number of rotatable bonds is 6. The third-order valence-electron chi connectivity index (χ3n) is 3.44. The Morgan fingerprint density at radius 2 is 1.95 bits per heavy atom. The van der Waals surface area contributed by atoms with Gasteiger partial charge in [0.2, 0.25) is 10.0 Å². The Bertz CT molecular complexity index is 570. The van der Waals surface area contributed by atoms with E-state index >= 15 is 0 Å². The van der Waals surface area contributed by atoms with E-state index < -0.39 is 10.0 Å². The molecule has 112 valence electrons. The van der Waals surface area contributed by atoms with Crippen LogP contribution in [-0.2, 0) is 16.6 Å². The molecule has 1 fully saturated rings. The van der Waals surface area contributed by atoms with Gasteiger partial charge in [0.05, 0.1) is 25.7 Å². The van der Waals surface area contributed by atoms with E-state index in [2.05, 4.69) is 0 Å². The molecule has 0 heterocycles. The Hall–Kier alpha value is -1.31. The minimum absolute atomic E-state index is 0.0747. The topological polar surface area (TPSA) is 76.1 Å². The van der Waals surface area contributed by atoms with Crippen LogP contribution in [-0.4, -0.2) is 45.1 Å². The average Bonchev–Trinajstić information content (AvgIpc) is 3.28. The first kappa shape index (κ1) is 15.1. The van der Waals surface area contributed by atoms with Gasteiger partial charge in [-0.2, -0.15) is 4.31 Å². The number of sulfonamides is 1. The first-order valence-corrected chi connectivity index (χ1v) is 7.73. The molecule has 0 radical (unpaired) electrons. The maximum Gasteiger partial charge on any atom is 0.243 e. The lowest BCUT2D eigenvalue weighted by Gasteiger charge is -2.19. The summed E-state index contributed by atoms with van der Waals surface area (Å²) in [5.41, 5.74) is 0.384. The molecule has 0 aromatic heterocycles. The molecule has 0 bridgehead atoms. The summed E-state index contributed by atoms with van der Waals surface area (Å²) in [6.45, 7) is -0.323. The molecule has 1 N–H and O–H groups in total. The predicted molar refractivity (Wildman–Crippen MR) is 73.4 cm³/mol. The maximum absolute atomic E-state index is 12.5. The van der Waals surface area contributed by atoms with E-state index in [0.717, 1.165) is 12.8 Å². The fraction of sp³-hybridized carbons (Fsp3) is 0.538. The van der Waals surface area contributed by atoms with Crippen molar-refractivity contribution in [2.45, 2.75) is 30.4 Å². The van der Waals surface area contributed by atoms with Crippen molar-refractivity contribution in [1.82, 2.24) is 4.31 Å². The zero-order chi connectivity index (χ0) is 14.9. The van der Waals surface area contributed by atoms with E-state index in [9.17, 15) is 13.5 Å². The molecule has 0 amide bonds. The predicted octanol–water partition coefficient (Wildman–Crippen LogP) is 0.979. The van der Waals surface area contributed by atoms with Crippen molar-refractivity contribution in [1.29, 1.82) is 0 Å². The van der Waals surface area contributed by atoms with Crippen molar-refractivity contribution in [2.24, 2.45) is 0 Å². The molecular formula is C13H19NO5S. The molecule has 20 heavy (non-hydrogen) atoms. The summed E-state index contributed by atoms with van der Waals surface area (Å²) in [5.74, 6) is 0.643. The molecule has 0 atom stereocenters. The van der Waals surface area contributed by atoms with Gasteiger partial charge in [-0.25, -0.2) is 8.42 Å². The second-order valence-corrected chi connectivity index (χ2v) is 6.73. The molecule has 7 heteroatoms. The normalized spacial score (nSPS) is 15.4. The summed E-state index contributed by atoms with van der Waals surface area (Å²) in [6.07, 6.45) is 1.77. The fourth-order valence-electron chi connectivity index (χ4n) is 2.08. The Labute approximate surface area is 119 Å². The zero-order valence-corrected chi connectivity index (χ0v) is 12.6. The van der Waals surface area contributed by atoms with Crippen LogP contribution in [0.3, 0.4) is 0 Å². The monoisotopic (exact) mass is 301 g/mol. The zero-order valence-electron chi connectivity index (χ0n) is 11.8. The maximum atomic E-state index is 12.5. The van der Waals surface area contributed by atoms with Crippen LogP contribution < -0.4 is 9.47 Å². The van der Waals surface area contributed by atoms with Gasteiger partial charge in [0.1, 0.15) is 0 Å². The number of aliphatic hydroxyl groups is 1. The van der Waals surface area contributed by atoms with Crippen LogP contribution in [0, 0.1) is 0 Å². The van der Waals surface area contributed by atoms with Gasteiger partial charge < -0.3 is 14.6 Å². The van der Waals surface area contributed by atoms with E-state index in [0.29, 0.717) is 17.1 Å². The van der Waals surface area contributed by atoms with Crippen LogP contribution in [0.5, 0.6) is 11.5 Å². The second-order valence-electron chi connectivity index (χ2n) is 4.73. The molecular weight excluding hydrogens is 282 g/mol. The third kappa shape index (κ3) is 2.61. The lowest BCUT2D eigenvalue weighted by Crippen LogP contribution is -2.29. The molecule has 1 saturated carbocycles. The van der Waals surface area contributed by atoms with Crippen molar-refractivity contribution in [2.75, 3.05) is 21.3 Å². The highest BCUT2D eigenvalue weighted by atomic mass is 32.2. The largest absolute Gasteiger partial charge is 0.493 e. The lowest BCUT2D eigenvalue weighted by atomic mass is 10.2. The van der Waals surface area contributed by atoms with Crippen molar-refractivity contribution in [3.05, 3.63) is 17.7 Å². The lowest BCUT2D eigenvalue weighted by molar-refractivity contribution is 0.269. The Balaban J connectivity index is 2.51. The fourth-order valence-corrected chi connectivity index (χ4v) is 3.57. The van der Waals surface area contributed by atoms with Gasteiger partial charge in [-0.15, -0.1) is 0 Å². The number of methoxy groups -OCH3 is 2. The highest BCUT2D eigenvalue weighted by Crippen LogP contribution is 2.37. The first-order chi connectivity index (χ1) is 9.45. The van der Waals surface area contributed by atoms with E-state index in [4.69, 9.17) is 9.47 Å². The van der Waals surface area contributed by atoms with Gasteiger partial charge in [-0.3, -0.25) is 0 Å². The number of benzene rings is 1. The molecule has 1 aromatic rings. The Kier molecular flexibility index (Phi) is 4.22. The molecule has 2 rings (SSSR count). The van der Waals surface area contributed by atoms with Crippen LogP contribution in [0.2, 0.25) is 0 Å². The van der Waals surface area contributed by atoms with E-state index in [1.54, 1.807) is 7.05 Å². The molecule has 0 spiro atoms. The van der Waals surface area contributed by atoms with E-state index in [1.165, 1.54) is 30.7 Å². The number of ether oxygens (including phenoxy) is 2. The van der Waals surface area contributed by atoms with Crippen LogP contribution in [0.1, 0.15) is 18.4 Å². The number of nitrogens with zero attached hydrogens (tertiary/aromatic N) is 1. The quantitative estimate of drug-likeness (QED) is 0.847. The van der Waals surface area contributed by atoms with E-state index in [-0.39, 0.29) is 17.5 Å². The summed E-state index contributed by atoms with van der Waals surface area (Å²) in [6, 6.07) is 2.92. The summed E-state index contributed by atoms with van der Waals surface area (Å²) in [7, 11) is 0.869. The summed E-state index contributed by atoms with van der Waals surface area (Å²) >= 11 is 0. The highest BCUT2D eigenvalue weighted by molar-refractivity contribution is 7.89. The minimum atomic E-state index is -3.58. The van der Waals surface area contributed by atoms with Crippen LogP contribution in [0.25, 0.3) is 0 Å². The summed E-state index contributed by atoms with van der Waals surface area (Å²) < 4.78 is 36.7. The number of hydrogen-bond acceptors (Lipinski definition) is 5.